The third kappa shape index (κ3) is 8.47. The van der Waals surface area contributed by atoms with Crippen molar-refractivity contribution in [2.24, 2.45) is 10.9 Å². The number of guanidine groups is 1. The molecule has 0 saturated carbocycles. The summed E-state index contributed by atoms with van der Waals surface area (Å²) in [4.78, 5) is 6.92. The molecule has 1 aliphatic heterocycles. The number of halogens is 1. The number of nitrogens with zero attached hydrogens (tertiary/aromatic N) is 2. The number of methoxy groups -OCH3 is 3. The van der Waals surface area contributed by atoms with Gasteiger partial charge in [0.2, 0.25) is 5.75 Å². The van der Waals surface area contributed by atoms with Crippen LogP contribution in [0.1, 0.15) is 25.8 Å². The maximum atomic E-state index is 5.58. The van der Waals surface area contributed by atoms with E-state index in [1.807, 2.05) is 12.1 Å². The molecule has 184 valence electrons. The van der Waals surface area contributed by atoms with Gasteiger partial charge in [0.15, 0.2) is 17.5 Å². The Labute approximate surface area is 210 Å². The van der Waals surface area contributed by atoms with Crippen LogP contribution in [0.3, 0.4) is 0 Å². The summed E-state index contributed by atoms with van der Waals surface area (Å²) >= 11 is 0. The van der Waals surface area contributed by atoms with Crippen molar-refractivity contribution in [1.82, 2.24) is 15.5 Å². The van der Waals surface area contributed by atoms with E-state index < -0.39 is 0 Å². The van der Waals surface area contributed by atoms with Crippen LogP contribution in [0.4, 0.5) is 0 Å². The number of benzene rings is 1. The van der Waals surface area contributed by atoms with Crippen LogP contribution in [-0.4, -0.2) is 84.7 Å². The van der Waals surface area contributed by atoms with Crippen molar-refractivity contribution in [3.05, 3.63) is 17.7 Å². The third-order valence-corrected chi connectivity index (χ3v) is 5.51. The molecule has 9 heteroatoms. The molecule has 1 fully saturated rings. The van der Waals surface area contributed by atoms with Crippen molar-refractivity contribution >= 4 is 29.9 Å². The van der Waals surface area contributed by atoms with Gasteiger partial charge in [-0.05, 0) is 24.8 Å². The largest absolute Gasteiger partial charge is 0.493 e. The van der Waals surface area contributed by atoms with Gasteiger partial charge in [-0.25, -0.2) is 0 Å². The van der Waals surface area contributed by atoms with Gasteiger partial charge in [0, 0.05) is 44.8 Å². The van der Waals surface area contributed by atoms with Gasteiger partial charge in [0.05, 0.1) is 34.5 Å². The van der Waals surface area contributed by atoms with Crippen LogP contribution in [0.5, 0.6) is 17.2 Å². The van der Waals surface area contributed by atoms with Crippen LogP contribution in [0, 0.1) is 5.92 Å². The van der Waals surface area contributed by atoms with E-state index >= 15 is 0 Å². The molecule has 2 rings (SSSR count). The highest BCUT2D eigenvalue weighted by molar-refractivity contribution is 14.0. The molecule has 8 nitrogen and oxygen atoms in total. The van der Waals surface area contributed by atoms with Gasteiger partial charge in [-0.1, -0.05) is 19.9 Å². The lowest BCUT2D eigenvalue weighted by Crippen LogP contribution is -2.51. The summed E-state index contributed by atoms with van der Waals surface area (Å²) in [5, 5.41) is 6.92. The minimum Gasteiger partial charge on any atom is -0.493 e. The summed E-state index contributed by atoms with van der Waals surface area (Å²) in [6, 6.07) is 4.38. The SMILES string of the molecule is CN=C(NCCc1ccc(OC)c(OC)c1OC)NCC(CC(C)C)N1CCOCC1.I. The molecule has 1 aromatic carbocycles. The zero-order valence-electron chi connectivity index (χ0n) is 20.4. The minimum atomic E-state index is 0. The minimum absolute atomic E-state index is 0. The lowest BCUT2D eigenvalue weighted by Gasteiger charge is -2.35. The van der Waals surface area contributed by atoms with Gasteiger partial charge in [-0.3, -0.25) is 9.89 Å². The standard InChI is InChI=1S/C23H40N4O4.HI/c1-17(2)15-19(27-11-13-31-14-12-27)16-26-23(24-3)25-10-9-18-7-8-20(28-4)22(30-6)21(18)29-5;/h7-8,17,19H,9-16H2,1-6H3,(H2,24,25,26);1H. The van der Waals surface area contributed by atoms with Gasteiger partial charge in [0.1, 0.15) is 0 Å². The van der Waals surface area contributed by atoms with Crippen LogP contribution in [0.2, 0.25) is 0 Å². The molecule has 1 unspecified atom stereocenters. The molecule has 1 aliphatic rings. The Hall–Kier alpha value is -1.46. The van der Waals surface area contributed by atoms with Crippen molar-refractivity contribution in [1.29, 1.82) is 0 Å². The van der Waals surface area contributed by atoms with Crippen molar-refractivity contribution in [2.45, 2.75) is 32.7 Å². The van der Waals surface area contributed by atoms with E-state index in [4.69, 9.17) is 18.9 Å². The number of ether oxygens (including phenoxy) is 4. The van der Waals surface area contributed by atoms with Gasteiger partial charge >= 0.3 is 0 Å². The monoisotopic (exact) mass is 564 g/mol. The molecule has 1 saturated heterocycles. The molecule has 0 bridgehead atoms. The molecule has 0 aromatic heterocycles. The van der Waals surface area contributed by atoms with E-state index in [2.05, 4.69) is 34.4 Å². The molecular weight excluding hydrogens is 523 g/mol. The molecule has 2 N–H and O–H groups in total. The third-order valence-electron chi connectivity index (χ3n) is 5.51. The first-order valence-corrected chi connectivity index (χ1v) is 11.1. The fourth-order valence-electron chi connectivity index (χ4n) is 3.96. The number of morpholine rings is 1. The van der Waals surface area contributed by atoms with Crippen LogP contribution >= 0.6 is 24.0 Å². The molecule has 1 heterocycles. The quantitative estimate of drug-likeness (QED) is 0.243. The van der Waals surface area contributed by atoms with Crippen molar-refractivity contribution in [3.63, 3.8) is 0 Å². The molecule has 0 aliphatic carbocycles. The topological polar surface area (TPSA) is 76.6 Å². The second kappa shape index (κ2) is 15.4. The molecule has 0 amide bonds. The zero-order valence-corrected chi connectivity index (χ0v) is 22.7. The average Bonchev–Trinajstić information content (AvgIpc) is 2.79. The maximum absolute atomic E-state index is 5.58. The Balaban J connectivity index is 0.00000512. The lowest BCUT2D eigenvalue weighted by atomic mass is 10.0. The first-order valence-electron chi connectivity index (χ1n) is 11.1. The second-order valence-corrected chi connectivity index (χ2v) is 8.06. The Bertz CT molecular complexity index is 697. The Morgan fingerprint density at radius 1 is 1.06 bits per heavy atom. The van der Waals surface area contributed by atoms with Crippen molar-refractivity contribution in [2.75, 3.05) is 67.8 Å². The predicted molar refractivity (Wildman–Crippen MR) is 140 cm³/mol. The number of aliphatic imine (C=N–C) groups is 1. The normalized spacial score (nSPS) is 15.7. The first kappa shape index (κ1) is 28.6. The first-order chi connectivity index (χ1) is 15.0. The van der Waals surface area contributed by atoms with Crippen molar-refractivity contribution < 1.29 is 18.9 Å². The van der Waals surface area contributed by atoms with Gasteiger partial charge in [0.25, 0.3) is 0 Å². The molecule has 0 radical (unpaired) electrons. The summed E-state index contributed by atoms with van der Waals surface area (Å²) in [5.41, 5.74) is 1.05. The van der Waals surface area contributed by atoms with Gasteiger partial charge < -0.3 is 29.6 Å². The summed E-state index contributed by atoms with van der Waals surface area (Å²) < 4.78 is 21.9. The zero-order chi connectivity index (χ0) is 22.6. The summed E-state index contributed by atoms with van der Waals surface area (Å²) in [5.74, 6) is 3.43. The highest BCUT2D eigenvalue weighted by Gasteiger charge is 2.22. The average molecular weight is 565 g/mol. The van der Waals surface area contributed by atoms with E-state index in [0.29, 0.717) is 29.2 Å². The highest BCUT2D eigenvalue weighted by atomic mass is 127. The van der Waals surface area contributed by atoms with E-state index in [1.54, 1.807) is 28.4 Å². The fourth-order valence-corrected chi connectivity index (χ4v) is 3.96. The van der Waals surface area contributed by atoms with Gasteiger partial charge in [-0.2, -0.15) is 0 Å². The lowest BCUT2D eigenvalue weighted by molar-refractivity contribution is 0.0132. The Kier molecular flexibility index (Phi) is 13.7. The fraction of sp³-hybridized carbons (Fsp3) is 0.696. The number of nitrogens with one attached hydrogen (secondary N) is 2. The molecule has 1 atom stereocenters. The van der Waals surface area contributed by atoms with E-state index in [-0.39, 0.29) is 24.0 Å². The number of rotatable bonds is 11. The van der Waals surface area contributed by atoms with Crippen LogP contribution in [0.25, 0.3) is 0 Å². The van der Waals surface area contributed by atoms with Gasteiger partial charge in [-0.15, -0.1) is 24.0 Å². The number of hydrogen-bond acceptors (Lipinski definition) is 6. The number of hydrogen-bond donors (Lipinski definition) is 2. The van der Waals surface area contributed by atoms with Crippen LogP contribution < -0.4 is 24.8 Å². The molecule has 0 spiro atoms. The molecular formula is C23H41IN4O4. The van der Waals surface area contributed by atoms with E-state index in [0.717, 1.165) is 63.8 Å². The molecule has 32 heavy (non-hydrogen) atoms. The van der Waals surface area contributed by atoms with E-state index in [1.165, 1.54) is 0 Å². The Morgan fingerprint density at radius 3 is 2.31 bits per heavy atom. The summed E-state index contributed by atoms with van der Waals surface area (Å²) in [6.07, 6.45) is 1.91. The van der Waals surface area contributed by atoms with Crippen molar-refractivity contribution in [3.8, 4) is 17.2 Å². The highest BCUT2D eigenvalue weighted by Crippen LogP contribution is 2.39. The Morgan fingerprint density at radius 2 is 1.75 bits per heavy atom. The smallest absolute Gasteiger partial charge is 0.203 e. The van der Waals surface area contributed by atoms with E-state index in [9.17, 15) is 0 Å². The second-order valence-electron chi connectivity index (χ2n) is 8.06. The van der Waals surface area contributed by atoms with Crippen LogP contribution in [0.15, 0.2) is 17.1 Å². The summed E-state index contributed by atoms with van der Waals surface area (Å²) in [6.45, 7) is 9.74. The molecule has 1 aromatic rings. The summed E-state index contributed by atoms with van der Waals surface area (Å²) in [7, 11) is 6.70. The maximum Gasteiger partial charge on any atom is 0.203 e. The van der Waals surface area contributed by atoms with Crippen LogP contribution in [-0.2, 0) is 11.2 Å². The predicted octanol–water partition coefficient (Wildman–Crippen LogP) is 2.78.